The number of benzene rings is 1. The Balaban J connectivity index is 0.00000242. The van der Waals surface area contributed by atoms with Gasteiger partial charge >= 0.3 is 0 Å². The second-order valence-corrected chi connectivity index (χ2v) is 5.97. The highest BCUT2D eigenvalue weighted by atomic mass is 35.5. The van der Waals surface area contributed by atoms with Crippen molar-refractivity contribution in [1.82, 2.24) is 10.2 Å². The predicted octanol–water partition coefficient (Wildman–Crippen LogP) is 2.39. The maximum atomic E-state index is 12.0. The number of rotatable bonds is 6. The molecule has 0 bridgehead atoms. The molecule has 2 atom stereocenters. The Kier molecular flexibility index (Phi) is 11.3. The van der Waals surface area contributed by atoms with Crippen molar-refractivity contribution in [2.24, 2.45) is 5.73 Å². The molecule has 6 heteroatoms. The van der Waals surface area contributed by atoms with E-state index in [0.29, 0.717) is 19.0 Å². The smallest absolute Gasteiger partial charge is 0.237 e. The number of halogens is 2. The molecule has 132 valence electrons. The molecular formula is C17H29Cl2N3O. The van der Waals surface area contributed by atoms with E-state index in [0.717, 1.165) is 18.7 Å². The quantitative estimate of drug-likeness (QED) is 0.817. The van der Waals surface area contributed by atoms with Crippen LogP contribution in [0.1, 0.15) is 31.7 Å². The molecule has 0 saturated carbocycles. The van der Waals surface area contributed by atoms with E-state index in [2.05, 4.69) is 17.1 Å². The zero-order valence-corrected chi connectivity index (χ0v) is 15.4. The lowest BCUT2D eigenvalue weighted by atomic mass is 10.0. The normalized spacial score (nSPS) is 19.1. The van der Waals surface area contributed by atoms with Gasteiger partial charge in [0.1, 0.15) is 0 Å². The number of nitrogens with one attached hydrogen (secondary N) is 1. The fourth-order valence-electron chi connectivity index (χ4n) is 2.90. The molecule has 3 N–H and O–H groups in total. The van der Waals surface area contributed by atoms with Crippen LogP contribution < -0.4 is 11.1 Å². The zero-order valence-electron chi connectivity index (χ0n) is 13.7. The van der Waals surface area contributed by atoms with Gasteiger partial charge in [-0.3, -0.25) is 9.69 Å². The summed E-state index contributed by atoms with van der Waals surface area (Å²) in [7, 11) is 0. The molecule has 2 unspecified atom stereocenters. The first-order valence-electron chi connectivity index (χ1n) is 7.98. The summed E-state index contributed by atoms with van der Waals surface area (Å²) in [5, 5.41) is 2.96. The highest BCUT2D eigenvalue weighted by molar-refractivity contribution is 5.85. The summed E-state index contributed by atoms with van der Waals surface area (Å²) in [5.41, 5.74) is 7.07. The number of carbonyl (C=O) groups excluding carboxylic acids is 1. The van der Waals surface area contributed by atoms with Gasteiger partial charge in [0, 0.05) is 19.1 Å². The van der Waals surface area contributed by atoms with Crippen LogP contribution in [0.5, 0.6) is 0 Å². The standard InChI is InChI=1S/C17H27N3O.2ClH/c1-14-7-5-6-11-20(14)12-10-19-17(21)16(18)13-15-8-3-2-4-9-15;;/h2-4,8-9,14,16H,5-7,10-13,18H2,1H3,(H,19,21);2*1H. The van der Waals surface area contributed by atoms with Crippen molar-refractivity contribution in [3.8, 4) is 0 Å². The van der Waals surface area contributed by atoms with E-state index in [-0.39, 0.29) is 30.7 Å². The summed E-state index contributed by atoms with van der Waals surface area (Å²) < 4.78 is 0. The van der Waals surface area contributed by atoms with E-state index < -0.39 is 6.04 Å². The summed E-state index contributed by atoms with van der Waals surface area (Å²) in [6.07, 6.45) is 4.45. The summed E-state index contributed by atoms with van der Waals surface area (Å²) in [5.74, 6) is -0.0523. The first-order valence-corrected chi connectivity index (χ1v) is 7.98. The molecule has 1 amide bonds. The molecule has 2 rings (SSSR count). The van der Waals surface area contributed by atoms with Crippen LogP contribution in [-0.4, -0.2) is 42.5 Å². The van der Waals surface area contributed by atoms with E-state index in [1.165, 1.54) is 19.3 Å². The fourth-order valence-corrected chi connectivity index (χ4v) is 2.90. The summed E-state index contributed by atoms with van der Waals surface area (Å²) >= 11 is 0. The Morgan fingerprint density at radius 1 is 1.30 bits per heavy atom. The predicted molar refractivity (Wildman–Crippen MR) is 101 cm³/mol. The van der Waals surface area contributed by atoms with E-state index in [9.17, 15) is 4.79 Å². The van der Waals surface area contributed by atoms with Crippen molar-refractivity contribution >= 4 is 30.7 Å². The molecule has 1 aromatic carbocycles. The zero-order chi connectivity index (χ0) is 15.1. The Labute approximate surface area is 152 Å². The molecule has 1 heterocycles. The van der Waals surface area contributed by atoms with Gasteiger partial charge < -0.3 is 11.1 Å². The Morgan fingerprint density at radius 2 is 2.00 bits per heavy atom. The van der Waals surface area contributed by atoms with Crippen LogP contribution >= 0.6 is 24.8 Å². The molecule has 23 heavy (non-hydrogen) atoms. The number of amides is 1. The van der Waals surface area contributed by atoms with E-state index in [4.69, 9.17) is 5.73 Å². The number of hydrogen-bond donors (Lipinski definition) is 2. The van der Waals surface area contributed by atoms with Crippen molar-refractivity contribution in [3.05, 3.63) is 35.9 Å². The van der Waals surface area contributed by atoms with Gasteiger partial charge in [0.15, 0.2) is 0 Å². The Hall–Kier alpha value is -0.810. The Bertz CT molecular complexity index is 445. The highest BCUT2D eigenvalue weighted by Crippen LogP contribution is 2.15. The van der Waals surface area contributed by atoms with Gasteiger partial charge in [-0.25, -0.2) is 0 Å². The van der Waals surface area contributed by atoms with Crippen LogP contribution in [0.3, 0.4) is 0 Å². The highest BCUT2D eigenvalue weighted by Gasteiger charge is 2.18. The van der Waals surface area contributed by atoms with Crippen molar-refractivity contribution in [1.29, 1.82) is 0 Å². The number of hydrogen-bond acceptors (Lipinski definition) is 3. The van der Waals surface area contributed by atoms with Crippen molar-refractivity contribution in [2.75, 3.05) is 19.6 Å². The van der Waals surface area contributed by atoms with Gasteiger partial charge in [0.05, 0.1) is 6.04 Å². The monoisotopic (exact) mass is 361 g/mol. The molecule has 0 radical (unpaired) electrons. The third-order valence-electron chi connectivity index (χ3n) is 4.27. The molecule has 0 aliphatic carbocycles. The third kappa shape index (κ3) is 7.53. The van der Waals surface area contributed by atoms with Crippen LogP contribution in [0.4, 0.5) is 0 Å². The summed E-state index contributed by atoms with van der Waals surface area (Å²) in [4.78, 5) is 14.5. The summed E-state index contributed by atoms with van der Waals surface area (Å²) in [6, 6.07) is 10.1. The lowest BCUT2D eigenvalue weighted by molar-refractivity contribution is -0.122. The lowest BCUT2D eigenvalue weighted by Gasteiger charge is -2.33. The molecule has 1 fully saturated rings. The number of nitrogens with two attached hydrogens (primary N) is 1. The maximum absolute atomic E-state index is 12.0. The van der Waals surface area contributed by atoms with Crippen molar-refractivity contribution in [2.45, 2.75) is 44.7 Å². The Morgan fingerprint density at radius 3 is 2.65 bits per heavy atom. The van der Waals surface area contributed by atoms with Crippen LogP contribution in [0.15, 0.2) is 30.3 Å². The molecule has 4 nitrogen and oxygen atoms in total. The second-order valence-electron chi connectivity index (χ2n) is 5.97. The van der Waals surface area contributed by atoms with E-state index in [1.807, 2.05) is 30.3 Å². The molecule has 1 aromatic rings. The van der Waals surface area contributed by atoms with Gasteiger partial charge in [0.2, 0.25) is 5.91 Å². The second kappa shape index (κ2) is 11.7. The fraction of sp³-hybridized carbons (Fsp3) is 0.588. The lowest BCUT2D eigenvalue weighted by Crippen LogP contribution is -2.46. The van der Waals surface area contributed by atoms with Crippen LogP contribution in [0.25, 0.3) is 0 Å². The van der Waals surface area contributed by atoms with Gasteiger partial charge in [-0.05, 0) is 38.3 Å². The van der Waals surface area contributed by atoms with E-state index >= 15 is 0 Å². The molecule has 1 aliphatic heterocycles. The minimum Gasteiger partial charge on any atom is -0.353 e. The molecule has 0 spiro atoms. The maximum Gasteiger partial charge on any atom is 0.237 e. The van der Waals surface area contributed by atoms with E-state index in [1.54, 1.807) is 0 Å². The molecule has 0 aromatic heterocycles. The first kappa shape index (κ1) is 22.2. The van der Waals surface area contributed by atoms with Crippen molar-refractivity contribution < 1.29 is 4.79 Å². The minimum atomic E-state index is -0.467. The van der Waals surface area contributed by atoms with Gasteiger partial charge in [-0.2, -0.15) is 0 Å². The SMILES string of the molecule is CC1CCCCN1CCNC(=O)C(N)Cc1ccccc1.Cl.Cl. The van der Waals surface area contributed by atoms with Crippen LogP contribution in [0, 0.1) is 0 Å². The molecule has 1 saturated heterocycles. The number of carbonyl (C=O) groups is 1. The van der Waals surface area contributed by atoms with Gasteiger partial charge in [-0.15, -0.1) is 24.8 Å². The number of likely N-dealkylation sites (tertiary alicyclic amines) is 1. The van der Waals surface area contributed by atoms with Gasteiger partial charge in [0.25, 0.3) is 0 Å². The average Bonchev–Trinajstić information content (AvgIpc) is 2.50. The average molecular weight is 362 g/mol. The topological polar surface area (TPSA) is 58.4 Å². The molecule has 1 aliphatic rings. The van der Waals surface area contributed by atoms with Crippen molar-refractivity contribution in [3.63, 3.8) is 0 Å². The third-order valence-corrected chi connectivity index (χ3v) is 4.27. The largest absolute Gasteiger partial charge is 0.353 e. The number of piperidine rings is 1. The summed E-state index contributed by atoms with van der Waals surface area (Å²) in [6.45, 7) is 5.02. The minimum absolute atomic E-state index is 0. The first-order chi connectivity index (χ1) is 10.2. The number of nitrogens with zero attached hydrogens (tertiary/aromatic N) is 1. The van der Waals surface area contributed by atoms with Gasteiger partial charge in [-0.1, -0.05) is 36.8 Å². The molecular weight excluding hydrogens is 333 g/mol. The van der Waals surface area contributed by atoms with Crippen LogP contribution in [0.2, 0.25) is 0 Å². The van der Waals surface area contributed by atoms with Crippen LogP contribution in [-0.2, 0) is 11.2 Å².